The van der Waals surface area contributed by atoms with Gasteiger partial charge in [0.2, 0.25) is 5.95 Å². The minimum atomic E-state index is -1.48. The number of alkyl halides is 1. The third-order valence-electron chi connectivity index (χ3n) is 6.11. The Hall–Kier alpha value is -1.56. The fourth-order valence-electron chi connectivity index (χ4n) is 4.47. The van der Waals surface area contributed by atoms with Crippen LogP contribution in [0.4, 0.5) is 10.3 Å². The van der Waals surface area contributed by atoms with Gasteiger partial charge < -0.3 is 34.0 Å². The molecular weight excluding hydrogens is 443 g/mol. The maximum atomic E-state index is 15.8. The van der Waals surface area contributed by atoms with Crippen LogP contribution < -0.4 is 5.73 Å². The maximum absolute atomic E-state index is 15.8. The van der Waals surface area contributed by atoms with Crippen molar-refractivity contribution in [3.8, 4) is 0 Å². The first-order valence-corrected chi connectivity index (χ1v) is 11.6. The number of ether oxygens (including phenoxy) is 5. The van der Waals surface area contributed by atoms with Crippen molar-refractivity contribution in [2.45, 2.75) is 75.7 Å². The summed E-state index contributed by atoms with van der Waals surface area (Å²) in [6.07, 6.45) is 2.48. The second-order valence-corrected chi connectivity index (χ2v) is 8.73. The molecule has 3 aliphatic rings. The fraction of sp³-hybridized carbons (Fsp3) is 0.714. The van der Waals surface area contributed by atoms with Crippen LogP contribution in [0.5, 0.6) is 0 Å². The van der Waals surface area contributed by atoms with E-state index in [9.17, 15) is 0 Å². The number of nitrogens with zero attached hydrogens (tertiary/aromatic N) is 3. The van der Waals surface area contributed by atoms with Crippen molar-refractivity contribution in [3.05, 3.63) is 17.4 Å². The Balaban J connectivity index is 1.37. The molecule has 9 nitrogen and oxygen atoms in total. The molecule has 0 bridgehead atoms. The van der Waals surface area contributed by atoms with E-state index < -0.39 is 30.9 Å². The lowest BCUT2D eigenvalue weighted by Crippen LogP contribution is -2.40. The van der Waals surface area contributed by atoms with Crippen molar-refractivity contribution in [3.63, 3.8) is 0 Å². The molecule has 0 radical (unpaired) electrons. The van der Waals surface area contributed by atoms with Gasteiger partial charge in [0.1, 0.15) is 23.0 Å². The third-order valence-corrected chi connectivity index (χ3v) is 6.40. The van der Waals surface area contributed by atoms with Crippen LogP contribution in [-0.4, -0.2) is 65.3 Å². The zero-order valence-electron chi connectivity index (χ0n) is 17.7. The highest BCUT2D eigenvalue weighted by Gasteiger charge is 2.49. The molecule has 5 heterocycles. The molecule has 3 fully saturated rings. The zero-order chi connectivity index (χ0) is 22.1. The van der Waals surface area contributed by atoms with Gasteiger partial charge in [-0.1, -0.05) is 11.6 Å². The van der Waals surface area contributed by atoms with Crippen LogP contribution >= 0.6 is 11.6 Å². The quantitative estimate of drug-likeness (QED) is 0.641. The highest BCUT2D eigenvalue weighted by Crippen LogP contribution is 2.38. The summed E-state index contributed by atoms with van der Waals surface area (Å²) in [6, 6.07) is 1.72. The smallest absolute Gasteiger partial charge is 0.223 e. The molecule has 0 aliphatic carbocycles. The Morgan fingerprint density at radius 3 is 2.59 bits per heavy atom. The minimum Gasteiger partial charge on any atom is -0.368 e. The Kier molecular flexibility index (Phi) is 6.77. The van der Waals surface area contributed by atoms with Crippen LogP contribution in [0, 0.1) is 0 Å². The molecule has 2 aromatic heterocycles. The monoisotopic (exact) mass is 470 g/mol. The molecule has 2 aromatic rings. The van der Waals surface area contributed by atoms with Gasteiger partial charge in [-0.25, -0.2) is 9.37 Å². The van der Waals surface area contributed by atoms with Gasteiger partial charge in [0.15, 0.2) is 25.0 Å². The number of nitrogen functional groups attached to an aromatic ring is 1. The van der Waals surface area contributed by atoms with E-state index in [1.807, 2.05) is 0 Å². The van der Waals surface area contributed by atoms with E-state index in [-0.39, 0.29) is 24.0 Å². The number of hydrogen-bond acceptors (Lipinski definition) is 8. The summed E-state index contributed by atoms with van der Waals surface area (Å²) in [5.41, 5.74) is 6.17. The van der Waals surface area contributed by atoms with Crippen molar-refractivity contribution in [1.82, 2.24) is 14.5 Å². The summed E-state index contributed by atoms with van der Waals surface area (Å²) in [5, 5.41) is 0.775. The molecule has 0 saturated carbocycles. The number of aromatic nitrogens is 3. The summed E-state index contributed by atoms with van der Waals surface area (Å²) in [7, 11) is 0. The molecule has 2 unspecified atom stereocenters. The molecular formula is C21H28ClFN4O5. The van der Waals surface area contributed by atoms with Gasteiger partial charge in [-0.2, -0.15) is 4.98 Å². The molecule has 0 amide bonds. The van der Waals surface area contributed by atoms with E-state index in [1.165, 1.54) is 0 Å². The average Bonchev–Trinajstić information content (AvgIpc) is 3.35. The zero-order valence-corrected chi connectivity index (χ0v) is 18.5. The van der Waals surface area contributed by atoms with Crippen LogP contribution in [0.1, 0.15) is 44.8 Å². The summed E-state index contributed by atoms with van der Waals surface area (Å²) in [6.45, 7) is 1.42. The number of fused-ring (bicyclic) bond motifs is 1. The van der Waals surface area contributed by atoms with Crippen LogP contribution in [-0.2, 0) is 23.7 Å². The Labute approximate surface area is 190 Å². The molecule has 3 saturated heterocycles. The third kappa shape index (κ3) is 4.57. The van der Waals surface area contributed by atoms with Crippen molar-refractivity contribution in [2.75, 3.05) is 25.6 Å². The molecule has 11 heteroatoms. The first-order valence-electron chi connectivity index (χ1n) is 11.2. The van der Waals surface area contributed by atoms with Gasteiger partial charge >= 0.3 is 0 Å². The lowest BCUT2D eigenvalue weighted by Gasteiger charge is -2.29. The summed E-state index contributed by atoms with van der Waals surface area (Å²) >= 11 is 6.19. The molecule has 32 heavy (non-hydrogen) atoms. The van der Waals surface area contributed by atoms with Crippen LogP contribution in [0.25, 0.3) is 11.0 Å². The number of anilines is 1. The topological polar surface area (TPSA) is 103 Å². The van der Waals surface area contributed by atoms with Gasteiger partial charge in [0.05, 0.1) is 12.0 Å². The first-order chi connectivity index (χ1) is 15.6. The SMILES string of the molecule is Nc1nc(Cl)c2ccn([C@@H]3O[C@H](COC4CCCCO4)[C@@H](OC4CCCCO4)[C@H]3F)c2n1. The highest BCUT2D eigenvalue weighted by atomic mass is 35.5. The molecule has 5 rings (SSSR count). The lowest BCUT2D eigenvalue weighted by atomic mass is 10.1. The Bertz CT molecular complexity index is 921. The second kappa shape index (κ2) is 9.74. The van der Waals surface area contributed by atoms with E-state index >= 15 is 4.39 Å². The van der Waals surface area contributed by atoms with E-state index in [0.717, 1.165) is 38.5 Å². The number of halogens is 2. The molecule has 6 atom stereocenters. The summed E-state index contributed by atoms with van der Waals surface area (Å²) in [5.74, 6) is 0.00795. The number of nitrogens with two attached hydrogens (primary N) is 1. The fourth-order valence-corrected chi connectivity index (χ4v) is 4.71. The summed E-state index contributed by atoms with van der Waals surface area (Å²) < 4.78 is 46.8. The first kappa shape index (κ1) is 22.2. The molecule has 3 aliphatic heterocycles. The summed E-state index contributed by atoms with van der Waals surface area (Å²) in [4.78, 5) is 8.20. The normalized spacial score (nSPS) is 33.7. The van der Waals surface area contributed by atoms with Gasteiger partial charge in [-0.15, -0.1) is 0 Å². The highest BCUT2D eigenvalue weighted by molar-refractivity contribution is 6.34. The predicted molar refractivity (Wildman–Crippen MR) is 114 cm³/mol. The predicted octanol–water partition coefficient (Wildman–Crippen LogP) is 3.36. The molecule has 2 N–H and O–H groups in total. The van der Waals surface area contributed by atoms with E-state index in [2.05, 4.69) is 9.97 Å². The van der Waals surface area contributed by atoms with Crippen molar-refractivity contribution >= 4 is 28.6 Å². The van der Waals surface area contributed by atoms with Gasteiger partial charge in [-0.05, 0) is 44.6 Å². The van der Waals surface area contributed by atoms with E-state index in [1.54, 1.807) is 16.8 Å². The standard InChI is InChI=1S/C21H28ClFN4O5/c22-18-12-7-8-27(19(12)26-21(24)25-18)20-16(23)17(32-15-6-2-4-10-29-15)13(31-20)11-30-14-5-1-3-9-28-14/h7-8,13-17,20H,1-6,9-11H2,(H2,24,25,26)/t13-,14?,15?,16-,17-,20-/m1/s1. The van der Waals surface area contributed by atoms with Crippen LogP contribution in [0.15, 0.2) is 12.3 Å². The Morgan fingerprint density at radius 2 is 1.88 bits per heavy atom. The van der Waals surface area contributed by atoms with Gasteiger partial charge in [-0.3, -0.25) is 0 Å². The van der Waals surface area contributed by atoms with Crippen LogP contribution in [0.2, 0.25) is 5.15 Å². The number of hydrogen-bond donors (Lipinski definition) is 1. The van der Waals surface area contributed by atoms with Gasteiger partial charge in [0.25, 0.3) is 0 Å². The van der Waals surface area contributed by atoms with E-state index in [0.29, 0.717) is 24.2 Å². The van der Waals surface area contributed by atoms with E-state index in [4.69, 9.17) is 41.0 Å². The lowest BCUT2D eigenvalue weighted by molar-refractivity contribution is -0.220. The minimum absolute atomic E-state index is 0.00795. The average molecular weight is 471 g/mol. The maximum Gasteiger partial charge on any atom is 0.223 e. The molecule has 0 spiro atoms. The number of rotatable bonds is 6. The van der Waals surface area contributed by atoms with Crippen LogP contribution in [0.3, 0.4) is 0 Å². The van der Waals surface area contributed by atoms with Crippen molar-refractivity contribution in [2.24, 2.45) is 0 Å². The van der Waals surface area contributed by atoms with Gasteiger partial charge in [0, 0.05) is 19.4 Å². The molecule has 0 aromatic carbocycles. The Morgan fingerprint density at radius 1 is 1.12 bits per heavy atom. The van der Waals surface area contributed by atoms with Crippen molar-refractivity contribution < 1.29 is 28.1 Å². The second-order valence-electron chi connectivity index (χ2n) is 8.37. The molecule has 176 valence electrons. The van der Waals surface area contributed by atoms with Crippen molar-refractivity contribution in [1.29, 1.82) is 0 Å². The largest absolute Gasteiger partial charge is 0.368 e.